The van der Waals surface area contributed by atoms with Crippen molar-refractivity contribution in [2.45, 2.75) is 0 Å². The van der Waals surface area contributed by atoms with Crippen molar-refractivity contribution in [2.75, 3.05) is 0 Å². The van der Waals surface area contributed by atoms with Crippen LogP contribution >= 0.6 is 0 Å². The van der Waals surface area contributed by atoms with E-state index in [1.807, 2.05) is 54.7 Å². The van der Waals surface area contributed by atoms with Crippen LogP contribution < -0.4 is 0 Å². The van der Waals surface area contributed by atoms with E-state index in [9.17, 15) is 0 Å². The fourth-order valence-corrected chi connectivity index (χ4v) is 8.47. The van der Waals surface area contributed by atoms with Crippen LogP contribution in [-0.2, 0) is 0 Å². The van der Waals surface area contributed by atoms with Crippen LogP contribution in [0, 0.1) is 0 Å². The molecule has 0 amide bonds. The molecule has 57 heavy (non-hydrogen) atoms. The molecule has 0 atom stereocenters. The third-order valence-electron chi connectivity index (χ3n) is 11.3. The molecule has 5 heteroatoms. The van der Waals surface area contributed by atoms with Gasteiger partial charge in [0.1, 0.15) is 5.52 Å². The molecule has 0 aliphatic carbocycles. The average molecular weight is 727 g/mol. The molecule has 4 aromatic heterocycles. The molecule has 12 rings (SSSR count). The van der Waals surface area contributed by atoms with Crippen molar-refractivity contribution < 1.29 is 4.42 Å². The Kier molecular flexibility index (Phi) is 6.86. The standard InChI is InChI=1S/C52H30N4O/c1-2-7-35(8-3-1)52-56-51-46(57-52)27-25-43-47(51)42-10-4-5-11-45(42)55-48(43)33-14-12-31(13-15-33)36-20-23-40-37(29-36)18-19-38-30-39(21-24-41(38)40)44-26-22-34-17-16-32-9-6-28-53-49(32)50(34)54-44/h1-30H. The number of hydrogen-bond donors (Lipinski definition) is 0. The van der Waals surface area contributed by atoms with E-state index in [0.717, 1.165) is 88.2 Å². The topological polar surface area (TPSA) is 64.7 Å². The number of oxazole rings is 1. The Morgan fingerprint density at radius 3 is 1.88 bits per heavy atom. The number of pyridine rings is 3. The van der Waals surface area contributed by atoms with Crippen molar-refractivity contribution in [3.05, 3.63) is 182 Å². The van der Waals surface area contributed by atoms with E-state index in [-0.39, 0.29) is 0 Å². The predicted molar refractivity (Wildman–Crippen MR) is 234 cm³/mol. The summed E-state index contributed by atoms with van der Waals surface area (Å²) in [4.78, 5) is 20.0. The molecule has 0 radical (unpaired) electrons. The largest absolute Gasteiger partial charge is 0.436 e. The lowest BCUT2D eigenvalue weighted by atomic mass is 9.94. The Bertz CT molecular complexity index is 3570. The molecule has 12 aromatic rings. The van der Waals surface area contributed by atoms with Gasteiger partial charge in [-0.2, -0.15) is 0 Å². The second-order valence-electron chi connectivity index (χ2n) is 14.6. The summed E-state index contributed by atoms with van der Waals surface area (Å²) in [6.07, 6.45) is 1.83. The van der Waals surface area contributed by atoms with E-state index < -0.39 is 0 Å². The molecule has 0 unspecified atom stereocenters. The van der Waals surface area contributed by atoms with E-state index in [0.29, 0.717) is 5.89 Å². The SMILES string of the molecule is c1ccc(-c2nc3c(ccc4c(-c5ccc(-c6ccc7c(ccc8cc(-c9ccc%10ccc%11cccnc%11c%10n9)ccc87)c6)cc5)nc5ccccc5c43)o2)cc1. The number of benzene rings is 8. The molecule has 0 fully saturated rings. The maximum Gasteiger partial charge on any atom is 0.227 e. The monoisotopic (exact) mass is 726 g/mol. The maximum atomic E-state index is 6.29. The van der Waals surface area contributed by atoms with E-state index in [1.165, 1.54) is 27.1 Å². The minimum atomic E-state index is 0.614. The molecule has 0 aliphatic rings. The van der Waals surface area contributed by atoms with Gasteiger partial charge in [-0.1, -0.05) is 121 Å². The first-order valence-electron chi connectivity index (χ1n) is 19.1. The van der Waals surface area contributed by atoms with Crippen LogP contribution in [-0.4, -0.2) is 19.9 Å². The number of nitrogens with zero attached hydrogens (tertiary/aromatic N) is 4. The smallest absolute Gasteiger partial charge is 0.227 e. The summed E-state index contributed by atoms with van der Waals surface area (Å²) < 4.78 is 6.29. The summed E-state index contributed by atoms with van der Waals surface area (Å²) in [6.45, 7) is 0. The number of fused-ring (bicyclic) bond motifs is 11. The van der Waals surface area contributed by atoms with Gasteiger partial charge in [-0.25, -0.2) is 15.0 Å². The van der Waals surface area contributed by atoms with Gasteiger partial charge < -0.3 is 4.42 Å². The molecule has 0 saturated carbocycles. The molecule has 0 N–H and O–H groups in total. The summed E-state index contributed by atoms with van der Waals surface area (Å²) in [5.41, 5.74) is 11.7. The molecule has 8 aromatic carbocycles. The van der Waals surface area contributed by atoms with Crippen molar-refractivity contribution in [2.24, 2.45) is 0 Å². The van der Waals surface area contributed by atoms with Crippen molar-refractivity contribution in [3.63, 3.8) is 0 Å². The zero-order valence-corrected chi connectivity index (χ0v) is 30.5. The normalized spacial score (nSPS) is 11.9. The van der Waals surface area contributed by atoms with Crippen molar-refractivity contribution in [3.8, 4) is 45.1 Å². The minimum absolute atomic E-state index is 0.614. The first-order valence-corrected chi connectivity index (χ1v) is 19.1. The summed E-state index contributed by atoms with van der Waals surface area (Å²) in [5.74, 6) is 0.614. The Hall–Kier alpha value is -7.76. The maximum absolute atomic E-state index is 6.29. The Morgan fingerprint density at radius 1 is 0.368 bits per heavy atom. The summed E-state index contributed by atoms with van der Waals surface area (Å²) >= 11 is 0. The van der Waals surface area contributed by atoms with Crippen LogP contribution in [0.1, 0.15) is 0 Å². The van der Waals surface area contributed by atoms with E-state index in [2.05, 4.69) is 132 Å². The highest BCUT2D eigenvalue weighted by Gasteiger charge is 2.18. The zero-order valence-electron chi connectivity index (χ0n) is 30.5. The van der Waals surface area contributed by atoms with Gasteiger partial charge in [0.05, 0.1) is 27.9 Å². The third kappa shape index (κ3) is 5.10. The average Bonchev–Trinajstić information content (AvgIpc) is 3.73. The molecule has 0 saturated heterocycles. The van der Waals surface area contributed by atoms with Gasteiger partial charge in [-0.15, -0.1) is 0 Å². The highest BCUT2D eigenvalue weighted by atomic mass is 16.3. The lowest BCUT2D eigenvalue weighted by Gasteiger charge is -2.12. The molecular formula is C52H30N4O. The lowest BCUT2D eigenvalue weighted by molar-refractivity contribution is 0.620. The second-order valence-corrected chi connectivity index (χ2v) is 14.6. The number of para-hydroxylation sites is 1. The fourth-order valence-electron chi connectivity index (χ4n) is 8.47. The zero-order chi connectivity index (χ0) is 37.5. The molecular weight excluding hydrogens is 697 g/mol. The van der Waals surface area contributed by atoms with Crippen LogP contribution in [0.4, 0.5) is 0 Å². The summed E-state index contributed by atoms with van der Waals surface area (Å²) in [6, 6.07) is 61.6. The third-order valence-corrected chi connectivity index (χ3v) is 11.3. The van der Waals surface area contributed by atoms with Gasteiger partial charge >= 0.3 is 0 Å². The quantitative estimate of drug-likeness (QED) is 0.169. The molecule has 0 bridgehead atoms. The van der Waals surface area contributed by atoms with Crippen molar-refractivity contribution >= 4 is 76.1 Å². The predicted octanol–water partition coefficient (Wildman–Crippen LogP) is 13.6. The van der Waals surface area contributed by atoms with E-state index in [4.69, 9.17) is 19.4 Å². The second kappa shape index (κ2) is 12.4. The Morgan fingerprint density at radius 2 is 1.04 bits per heavy atom. The van der Waals surface area contributed by atoms with E-state index >= 15 is 0 Å². The van der Waals surface area contributed by atoms with Gasteiger partial charge in [-0.3, -0.25) is 4.98 Å². The van der Waals surface area contributed by atoms with Crippen LogP contribution in [0.2, 0.25) is 0 Å². The molecule has 4 heterocycles. The first kappa shape index (κ1) is 31.6. The van der Waals surface area contributed by atoms with Gasteiger partial charge in [0.2, 0.25) is 5.89 Å². The van der Waals surface area contributed by atoms with Crippen molar-refractivity contribution in [1.29, 1.82) is 0 Å². The van der Waals surface area contributed by atoms with Gasteiger partial charge in [0, 0.05) is 49.8 Å². The van der Waals surface area contributed by atoms with Crippen LogP contribution in [0.25, 0.3) is 121 Å². The molecule has 264 valence electrons. The number of hydrogen-bond acceptors (Lipinski definition) is 5. The van der Waals surface area contributed by atoms with Crippen molar-refractivity contribution in [1.82, 2.24) is 19.9 Å². The number of aromatic nitrogens is 4. The minimum Gasteiger partial charge on any atom is -0.436 e. The first-order chi connectivity index (χ1) is 28.2. The number of rotatable bonds is 4. The molecule has 5 nitrogen and oxygen atoms in total. The van der Waals surface area contributed by atoms with Crippen LogP contribution in [0.5, 0.6) is 0 Å². The Balaban J connectivity index is 0.901. The van der Waals surface area contributed by atoms with Crippen LogP contribution in [0.3, 0.4) is 0 Å². The summed E-state index contributed by atoms with van der Waals surface area (Å²) in [7, 11) is 0. The lowest BCUT2D eigenvalue weighted by Crippen LogP contribution is -1.91. The Labute approximate surface area is 326 Å². The van der Waals surface area contributed by atoms with Crippen LogP contribution in [0.15, 0.2) is 187 Å². The highest BCUT2D eigenvalue weighted by Crippen LogP contribution is 2.39. The van der Waals surface area contributed by atoms with Gasteiger partial charge in [0.25, 0.3) is 0 Å². The highest BCUT2D eigenvalue weighted by molar-refractivity contribution is 6.21. The van der Waals surface area contributed by atoms with E-state index in [1.54, 1.807) is 0 Å². The van der Waals surface area contributed by atoms with Gasteiger partial charge in [0.15, 0.2) is 5.58 Å². The summed E-state index contributed by atoms with van der Waals surface area (Å²) in [5, 5.41) is 10.2. The molecule has 0 aliphatic heterocycles. The fraction of sp³-hybridized carbons (Fsp3) is 0. The van der Waals surface area contributed by atoms with Gasteiger partial charge in [-0.05, 0) is 87.3 Å². The molecule has 0 spiro atoms.